The zero-order valence-electron chi connectivity index (χ0n) is 21.5. The van der Waals surface area contributed by atoms with E-state index in [9.17, 15) is 24.0 Å². The molecule has 5 atom stereocenters. The van der Waals surface area contributed by atoms with Gasteiger partial charge in [-0.05, 0) is 23.9 Å². The van der Waals surface area contributed by atoms with E-state index in [4.69, 9.17) is 35.9 Å². The van der Waals surface area contributed by atoms with E-state index in [1.165, 1.54) is 6.08 Å². The molecule has 3 rings (SSSR count). The fraction of sp³-hybridized carbons (Fsp3) is 0.400. The third-order valence-electron chi connectivity index (χ3n) is 5.32. The zero-order valence-corrected chi connectivity index (χ0v) is 22.3. The molecule has 0 aliphatic carbocycles. The number of hydrogen-bond donors (Lipinski definition) is 1. The molecular formula is C25H27N3O10S. The predicted molar refractivity (Wildman–Crippen MR) is 136 cm³/mol. The summed E-state index contributed by atoms with van der Waals surface area (Å²) in [5, 5.41) is 4.31. The summed E-state index contributed by atoms with van der Waals surface area (Å²) in [6.07, 6.45) is -3.73. The van der Waals surface area contributed by atoms with Crippen LogP contribution in [0.1, 0.15) is 45.2 Å². The average Bonchev–Trinajstić information content (AvgIpc) is 2.85. The molecule has 13 nitrogen and oxygen atoms in total. The number of carbonyl (C=O) groups is 4. The van der Waals surface area contributed by atoms with E-state index in [0.717, 1.165) is 37.9 Å². The fourth-order valence-electron chi connectivity index (χ4n) is 3.85. The SMILES string of the molecule is CC(=O)OC[C@H]1O[C@@H](n2nc(/C=C/c3ccccc3)c(=O)[nH]c2=S)[C@H](OC(C)=O)[C@@H](OC(C)=O)[C@@H]1OC(C)=O. The molecular weight excluding hydrogens is 534 g/mol. The van der Waals surface area contributed by atoms with Crippen LogP contribution in [-0.4, -0.2) is 69.7 Å². The summed E-state index contributed by atoms with van der Waals surface area (Å²) < 4.78 is 28.2. The third kappa shape index (κ3) is 7.91. The van der Waals surface area contributed by atoms with Gasteiger partial charge in [-0.25, -0.2) is 4.68 Å². The summed E-state index contributed by atoms with van der Waals surface area (Å²) in [5.74, 6) is -2.99. The fourth-order valence-corrected chi connectivity index (χ4v) is 4.09. The van der Waals surface area contributed by atoms with Crippen LogP contribution in [0.2, 0.25) is 0 Å². The predicted octanol–water partition coefficient (Wildman–Crippen LogP) is 1.73. The van der Waals surface area contributed by atoms with Crippen molar-refractivity contribution in [2.75, 3.05) is 6.61 Å². The lowest BCUT2D eigenvalue weighted by atomic mass is 9.97. The minimum absolute atomic E-state index is 0.0692. The molecule has 39 heavy (non-hydrogen) atoms. The van der Waals surface area contributed by atoms with Crippen LogP contribution >= 0.6 is 12.2 Å². The van der Waals surface area contributed by atoms with Crippen molar-refractivity contribution in [3.8, 4) is 0 Å². The Morgan fingerprint density at radius 2 is 1.51 bits per heavy atom. The average molecular weight is 562 g/mol. The smallest absolute Gasteiger partial charge is 0.303 e. The van der Waals surface area contributed by atoms with E-state index in [1.54, 1.807) is 6.08 Å². The summed E-state index contributed by atoms with van der Waals surface area (Å²) in [5.41, 5.74) is 0.120. The highest BCUT2D eigenvalue weighted by molar-refractivity contribution is 7.71. The van der Waals surface area contributed by atoms with Gasteiger partial charge in [-0.1, -0.05) is 36.4 Å². The van der Waals surface area contributed by atoms with Crippen LogP contribution in [0.25, 0.3) is 12.2 Å². The molecule has 0 saturated carbocycles. The lowest BCUT2D eigenvalue weighted by molar-refractivity contribution is -0.271. The molecule has 0 spiro atoms. The summed E-state index contributed by atoms with van der Waals surface area (Å²) in [6.45, 7) is 4.08. The monoisotopic (exact) mass is 561 g/mol. The first-order valence-corrected chi connectivity index (χ1v) is 12.1. The number of carbonyl (C=O) groups excluding carboxylic acids is 4. The standard InChI is InChI=1S/C25H27N3O10S/c1-13(29)34-12-19-20(35-14(2)30)21(36-15(3)31)22(37-16(4)32)24(38-19)28-25(39)26-23(33)18(27-28)11-10-17-8-6-5-7-9-17/h5-11,19-22,24H,12H2,1-4H3,(H,26,33,39)/b11-10+/t19-,20-,21+,22-,24-/m1/s1. The Balaban J connectivity index is 2.14. The van der Waals surface area contributed by atoms with Crippen molar-refractivity contribution in [1.82, 2.24) is 14.8 Å². The molecule has 0 bridgehead atoms. The first kappa shape index (κ1) is 29.4. The van der Waals surface area contributed by atoms with Gasteiger partial charge in [0, 0.05) is 27.7 Å². The number of nitrogens with one attached hydrogen (secondary N) is 1. The first-order valence-electron chi connectivity index (χ1n) is 11.7. The van der Waals surface area contributed by atoms with E-state index < -0.39 is 66.7 Å². The van der Waals surface area contributed by atoms with Crippen molar-refractivity contribution in [3.63, 3.8) is 0 Å². The molecule has 1 fully saturated rings. The van der Waals surface area contributed by atoms with Crippen molar-refractivity contribution in [1.29, 1.82) is 0 Å². The second-order valence-electron chi connectivity index (χ2n) is 8.42. The molecule has 1 aromatic carbocycles. The lowest BCUT2D eigenvalue weighted by Gasteiger charge is -2.44. The van der Waals surface area contributed by atoms with Crippen molar-refractivity contribution in [2.24, 2.45) is 0 Å². The molecule has 208 valence electrons. The lowest BCUT2D eigenvalue weighted by Crippen LogP contribution is -2.61. The van der Waals surface area contributed by atoms with Gasteiger partial charge < -0.3 is 23.7 Å². The quantitative estimate of drug-likeness (QED) is 0.282. The third-order valence-corrected chi connectivity index (χ3v) is 5.61. The van der Waals surface area contributed by atoms with E-state index >= 15 is 0 Å². The molecule has 1 saturated heterocycles. The van der Waals surface area contributed by atoms with Crippen LogP contribution in [0.3, 0.4) is 0 Å². The Hall–Kier alpha value is -4.17. The molecule has 0 amide bonds. The molecule has 1 aliphatic rings. The van der Waals surface area contributed by atoms with Gasteiger partial charge >= 0.3 is 23.9 Å². The Bertz CT molecular complexity index is 1370. The number of H-pyrrole nitrogens is 1. The number of aromatic nitrogens is 3. The van der Waals surface area contributed by atoms with Crippen molar-refractivity contribution < 1.29 is 42.9 Å². The number of benzene rings is 1. The molecule has 1 aliphatic heterocycles. The van der Waals surface area contributed by atoms with Gasteiger partial charge in [0.2, 0.25) is 0 Å². The van der Waals surface area contributed by atoms with Gasteiger partial charge in [-0.3, -0.25) is 29.0 Å². The molecule has 2 heterocycles. The summed E-state index contributed by atoms with van der Waals surface area (Å²) in [7, 11) is 0. The number of esters is 4. The Kier molecular flexibility index (Phi) is 9.84. The number of nitrogens with zero attached hydrogens (tertiary/aromatic N) is 2. The first-order chi connectivity index (χ1) is 18.5. The largest absolute Gasteiger partial charge is 0.463 e. The Labute approximate surface area is 227 Å². The number of ether oxygens (including phenoxy) is 5. The summed E-state index contributed by atoms with van der Waals surface area (Å²) >= 11 is 5.32. The molecule has 1 aromatic heterocycles. The minimum atomic E-state index is -1.44. The van der Waals surface area contributed by atoms with E-state index in [2.05, 4.69) is 10.1 Å². The normalized spacial score (nSPS) is 22.6. The maximum absolute atomic E-state index is 12.6. The van der Waals surface area contributed by atoms with E-state index in [1.807, 2.05) is 30.3 Å². The Morgan fingerprint density at radius 1 is 0.923 bits per heavy atom. The van der Waals surface area contributed by atoms with Gasteiger partial charge in [-0.2, -0.15) is 5.10 Å². The minimum Gasteiger partial charge on any atom is -0.463 e. The van der Waals surface area contributed by atoms with Gasteiger partial charge in [0.15, 0.2) is 29.3 Å². The topological polar surface area (TPSA) is 165 Å². The van der Waals surface area contributed by atoms with Crippen LogP contribution < -0.4 is 5.56 Å². The number of aromatic amines is 1. The van der Waals surface area contributed by atoms with Crippen LogP contribution in [0.4, 0.5) is 0 Å². The van der Waals surface area contributed by atoms with Crippen molar-refractivity contribution >= 4 is 48.2 Å². The van der Waals surface area contributed by atoms with Gasteiger partial charge in [0.1, 0.15) is 18.4 Å². The maximum Gasteiger partial charge on any atom is 0.303 e. The second kappa shape index (κ2) is 13.1. The Morgan fingerprint density at radius 3 is 2.10 bits per heavy atom. The molecule has 1 N–H and O–H groups in total. The summed E-state index contributed by atoms with van der Waals surface area (Å²) in [4.78, 5) is 62.7. The van der Waals surface area contributed by atoms with Crippen molar-refractivity contribution in [3.05, 3.63) is 56.7 Å². The summed E-state index contributed by atoms with van der Waals surface area (Å²) in [6, 6.07) is 9.12. The highest BCUT2D eigenvalue weighted by Crippen LogP contribution is 2.34. The van der Waals surface area contributed by atoms with Gasteiger partial charge in [-0.15, -0.1) is 0 Å². The van der Waals surface area contributed by atoms with Gasteiger partial charge in [0.05, 0.1) is 0 Å². The van der Waals surface area contributed by atoms with Crippen molar-refractivity contribution in [2.45, 2.75) is 58.3 Å². The molecule has 2 aromatic rings. The van der Waals surface area contributed by atoms with E-state index in [0.29, 0.717) is 0 Å². The van der Waals surface area contributed by atoms with Crippen LogP contribution in [0, 0.1) is 4.77 Å². The van der Waals surface area contributed by atoms with E-state index in [-0.39, 0.29) is 10.5 Å². The second-order valence-corrected chi connectivity index (χ2v) is 8.81. The molecule has 14 heteroatoms. The van der Waals surface area contributed by atoms with Crippen LogP contribution in [0.5, 0.6) is 0 Å². The highest BCUT2D eigenvalue weighted by atomic mass is 32.1. The highest BCUT2D eigenvalue weighted by Gasteiger charge is 2.53. The van der Waals surface area contributed by atoms with Crippen LogP contribution in [0.15, 0.2) is 35.1 Å². The zero-order chi connectivity index (χ0) is 28.7. The number of hydrogen-bond acceptors (Lipinski definition) is 12. The van der Waals surface area contributed by atoms with Gasteiger partial charge in [0.25, 0.3) is 5.56 Å². The molecule has 0 unspecified atom stereocenters. The van der Waals surface area contributed by atoms with Crippen LogP contribution in [-0.2, 0) is 42.9 Å². The number of rotatable bonds is 8. The maximum atomic E-state index is 12.6. The molecule has 0 radical (unpaired) electrons.